The molecule has 1 fully saturated rings. The molecule has 2 rings (SSSR count). The van der Waals surface area contributed by atoms with Crippen molar-refractivity contribution in [3.63, 3.8) is 0 Å². The molecule has 1 saturated heterocycles. The Labute approximate surface area is 175 Å². The zero-order chi connectivity index (χ0) is 21.9. The van der Waals surface area contributed by atoms with E-state index in [0.717, 1.165) is 13.1 Å². The van der Waals surface area contributed by atoms with E-state index in [1.807, 2.05) is 6.92 Å². The maximum absolute atomic E-state index is 13.2. The van der Waals surface area contributed by atoms with E-state index in [4.69, 9.17) is 4.74 Å². The van der Waals surface area contributed by atoms with Crippen molar-refractivity contribution in [2.24, 2.45) is 0 Å². The Morgan fingerprint density at radius 3 is 2.21 bits per heavy atom. The van der Waals surface area contributed by atoms with Crippen LogP contribution < -0.4 is 10.1 Å². The molecule has 0 radical (unpaired) electrons. The van der Waals surface area contributed by atoms with Gasteiger partial charge in [-0.05, 0) is 58.1 Å². The average molecular weight is 447 g/mol. The SMILES string of the molecule is CCOc1ccc(S(=O)(=O)[C@H]2CS(=O)(=O)C[C@@H]2NCC(C)(C)N(CC)CC)cc1. The number of nitrogens with zero attached hydrogens (tertiary/aromatic N) is 1. The van der Waals surface area contributed by atoms with Gasteiger partial charge in [-0.2, -0.15) is 0 Å². The molecule has 0 saturated carbocycles. The molecule has 9 heteroatoms. The van der Waals surface area contributed by atoms with Gasteiger partial charge in [-0.25, -0.2) is 16.8 Å². The molecule has 0 aliphatic carbocycles. The fourth-order valence-corrected chi connectivity index (χ4v) is 8.67. The number of sulfone groups is 2. The number of ether oxygens (including phenoxy) is 1. The third-order valence-corrected chi connectivity index (χ3v) is 9.75. The van der Waals surface area contributed by atoms with Crippen molar-refractivity contribution in [2.45, 2.75) is 56.3 Å². The molecule has 1 aliphatic rings. The van der Waals surface area contributed by atoms with Crippen molar-refractivity contribution < 1.29 is 21.6 Å². The highest BCUT2D eigenvalue weighted by Gasteiger charge is 2.46. The van der Waals surface area contributed by atoms with Crippen molar-refractivity contribution in [3.05, 3.63) is 24.3 Å². The first-order valence-corrected chi connectivity index (χ1v) is 13.5. The van der Waals surface area contributed by atoms with E-state index in [1.54, 1.807) is 12.1 Å². The van der Waals surface area contributed by atoms with Gasteiger partial charge in [-0.15, -0.1) is 0 Å². The van der Waals surface area contributed by atoms with Crippen LogP contribution in [-0.4, -0.2) is 76.3 Å². The highest BCUT2D eigenvalue weighted by atomic mass is 32.2. The Hall–Kier alpha value is -1.16. The number of rotatable bonds is 10. The Morgan fingerprint density at radius 1 is 1.10 bits per heavy atom. The molecule has 0 amide bonds. The third kappa shape index (κ3) is 5.71. The van der Waals surface area contributed by atoms with Crippen LogP contribution in [0.4, 0.5) is 0 Å². The van der Waals surface area contributed by atoms with Gasteiger partial charge in [0.25, 0.3) is 0 Å². The number of nitrogens with one attached hydrogen (secondary N) is 1. The molecule has 2 atom stereocenters. The molecule has 7 nitrogen and oxygen atoms in total. The molecule has 1 heterocycles. The van der Waals surface area contributed by atoms with Gasteiger partial charge >= 0.3 is 0 Å². The van der Waals surface area contributed by atoms with Crippen LogP contribution >= 0.6 is 0 Å². The molecule has 1 aliphatic heterocycles. The Kier molecular flexibility index (Phi) is 7.75. The van der Waals surface area contributed by atoms with E-state index in [0.29, 0.717) is 18.9 Å². The van der Waals surface area contributed by atoms with Crippen LogP contribution in [0.1, 0.15) is 34.6 Å². The summed E-state index contributed by atoms with van der Waals surface area (Å²) >= 11 is 0. The van der Waals surface area contributed by atoms with Gasteiger partial charge in [0.05, 0.1) is 28.3 Å². The monoisotopic (exact) mass is 446 g/mol. The molecular formula is C20H34N2O5S2. The van der Waals surface area contributed by atoms with Gasteiger partial charge in [-0.3, -0.25) is 4.90 Å². The fraction of sp³-hybridized carbons (Fsp3) is 0.700. The molecule has 0 aromatic heterocycles. The van der Waals surface area contributed by atoms with E-state index in [1.165, 1.54) is 12.1 Å². The van der Waals surface area contributed by atoms with E-state index < -0.39 is 31.0 Å². The second-order valence-corrected chi connectivity index (χ2v) is 12.4. The lowest BCUT2D eigenvalue weighted by Gasteiger charge is -2.38. The Bertz CT molecular complexity index is 876. The predicted octanol–water partition coefficient (Wildman–Crippen LogP) is 1.73. The van der Waals surface area contributed by atoms with Crippen LogP contribution in [0.15, 0.2) is 29.2 Å². The molecule has 29 heavy (non-hydrogen) atoms. The van der Waals surface area contributed by atoms with Gasteiger partial charge in [0.2, 0.25) is 0 Å². The topological polar surface area (TPSA) is 92.8 Å². The lowest BCUT2D eigenvalue weighted by Crippen LogP contribution is -2.54. The summed E-state index contributed by atoms with van der Waals surface area (Å²) in [6, 6.07) is 5.55. The van der Waals surface area contributed by atoms with Crippen LogP contribution in [0.2, 0.25) is 0 Å². The van der Waals surface area contributed by atoms with Crippen LogP contribution in [-0.2, 0) is 19.7 Å². The Morgan fingerprint density at radius 2 is 1.69 bits per heavy atom. The summed E-state index contributed by atoms with van der Waals surface area (Å²) in [7, 11) is -7.23. The van der Waals surface area contributed by atoms with E-state index >= 15 is 0 Å². The fourth-order valence-electron chi connectivity index (χ4n) is 3.95. The van der Waals surface area contributed by atoms with Gasteiger partial charge in [0.15, 0.2) is 19.7 Å². The number of benzene rings is 1. The van der Waals surface area contributed by atoms with E-state index in [9.17, 15) is 16.8 Å². The standard InChI is InChI=1S/C20H34N2O5S2/c1-6-22(7-2)20(4,5)15-21-18-13-28(23,24)14-19(18)29(25,26)17-11-9-16(10-12-17)27-8-3/h9-12,18-19,21H,6-8,13-15H2,1-5H3/t18-,19-/m0/s1. The minimum absolute atomic E-state index is 0.123. The smallest absolute Gasteiger partial charge is 0.183 e. The van der Waals surface area contributed by atoms with Gasteiger partial charge in [0.1, 0.15) is 5.75 Å². The van der Waals surface area contributed by atoms with Gasteiger partial charge in [0, 0.05) is 18.1 Å². The normalized spacial score (nSPS) is 22.1. The first-order chi connectivity index (χ1) is 13.5. The third-order valence-electron chi connectivity index (χ3n) is 5.58. The average Bonchev–Trinajstić information content (AvgIpc) is 2.97. The summed E-state index contributed by atoms with van der Waals surface area (Å²) in [5.74, 6) is 0.0647. The second kappa shape index (κ2) is 9.32. The summed E-state index contributed by atoms with van der Waals surface area (Å²) in [4.78, 5) is 2.39. The maximum atomic E-state index is 13.2. The summed E-state index contributed by atoms with van der Waals surface area (Å²) in [5, 5.41) is 2.26. The minimum atomic E-state index is -3.80. The summed E-state index contributed by atoms with van der Waals surface area (Å²) in [6.45, 7) is 12.9. The zero-order valence-corrected chi connectivity index (χ0v) is 19.6. The highest BCUT2D eigenvalue weighted by molar-refractivity contribution is 7.96. The Balaban J connectivity index is 2.24. The van der Waals surface area contributed by atoms with Crippen molar-refractivity contribution in [2.75, 3.05) is 37.7 Å². The van der Waals surface area contributed by atoms with Crippen molar-refractivity contribution in [3.8, 4) is 5.75 Å². The summed E-state index contributed by atoms with van der Waals surface area (Å²) in [6.07, 6.45) is 0. The summed E-state index contributed by atoms with van der Waals surface area (Å²) in [5.41, 5.74) is -0.219. The van der Waals surface area contributed by atoms with Crippen LogP contribution in [0.5, 0.6) is 5.75 Å². The molecule has 1 aromatic carbocycles. The largest absolute Gasteiger partial charge is 0.494 e. The molecule has 0 bridgehead atoms. The van der Waals surface area contributed by atoms with Crippen LogP contribution in [0.3, 0.4) is 0 Å². The molecule has 1 N–H and O–H groups in total. The maximum Gasteiger partial charge on any atom is 0.183 e. The van der Waals surface area contributed by atoms with Crippen molar-refractivity contribution in [1.29, 1.82) is 0 Å². The number of hydrogen-bond donors (Lipinski definition) is 1. The van der Waals surface area contributed by atoms with Gasteiger partial charge in [-0.1, -0.05) is 13.8 Å². The first kappa shape index (κ1) is 24.1. The van der Waals surface area contributed by atoms with Crippen LogP contribution in [0.25, 0.3) is 0 Å². The van der Waals surface area contributed by atoms with E-state index in [2.05, 4.69) is 37.9 Å². The lowest BCUT2D eigenvalue weighted by molar-refractivity contribution is 0.130. The molecular weight excluding hydrogens is 412 g/mol. The minimum Gasteiger partial charge on any atom is -0.494 e. The molecule has 0 unspecified atom stereocenters. The second-order valence-electron chi connectivity index (χ2n) is 8.04. The summed E-state index contributed by atoms with van der Waals surface area (Å²) < 4.78 is 56.4. The predicted molar refractivity (Wildman–Crippen MR) is 116 cm³/mol. The zero-order valence-electron chi connectivity index (χ0n) is 18.0. The van der Waals surface area contributed by atoms with Crippen LogP contribution in [0, 0.1) is 0 Å². The van der Waals surface area contributed by atoms with Crippen molar-refractivity contribution in [1.82, 2.24) is 10.2 Å². The highest BCUT2D eigenvalue weighted by Crippen LogP contribution is 2.28. The number of hydrogen-bond acceptors (Lipinski definition) is 7. The quantitative estimate of drug-likeness (QED) is 0.585. The molecule has 0 spiro atoms. The molecule has 1 aromatic rings. The first-order valence-electron chi connectivity index (χ1n) is 10.1. The number of likely N-dealkylation sites (N-methyl/N-ethyl adjacent to an activating group) is 1. The lowest BCUT2D eigenvalue weighted by atomic mass is 10.0. The van der Waals surface area contributed by atoms with Gasteiger partial charge < -0.3 is 10.1 Å². The molecule has 166 valence electrons. The van der Waals surface area contributed by atoms with Crippen molar-refractivity contribution >= 4 is 19.7 Å². The van der Waals surface area contributed by atoms with E-state index in [-0.39, 0.29) is 21.9 Å².